The molecule has 0 bridgehead atoms. The van der Waals surface area contributed by atoms with E-state index in [2.05, 4.69) is 33.4 Å². The maximum absolute atomic E-state index is 13.4. The minimum atomic E-state index is -0.297. The zero-order chi connectivity index (χ0) is 20.9. The molecule has 2 aliphatic carbocycles. The van der Waals surface area contributed by atoms with E-state index >= 15 is 0 Å². The molecule has 1 atom stereocenters. The number of hydrogen-bond acceptors (Lipinski definition) is 4. The van der Waals surface area contributed by atoms with Crippen molar-refractivity contribution in [3.63, 3.8) is 0 Å². The molecule has 0 aliphatic heterocycles. The summed E-state index contributed by atoms with van der Waals surface area (Å²) in [6.45, 7) is 12.3. The third-order valence-electron chi connectivity index (χ3n) is 7.64. The van der Waals surface area contributed by atoms with Gasteiger partial charge in [0.2, 0.25) is 5.43 Å². The monoisotopic (exact) mass is 388 g/mol. The fourth-order valence-corrected chi connectivity index (χ4v) is 5.31. The van der Waals surface area contributed by atoms with Gasteiger partial charge in [0.25, 0.3) is 0 Å². The van der Waals surface area contributed by atoms with E-state index in [9.17, 15) is 15.0 Å². The Kier molecular flexibility index (Phi) is 3.38. The maximum Gasteiger partial charge on any atom is 0.204 e. The average molecular weight is 388 g/mol. The standard InChI is InChI=1S/C25H24O4/c1-12-6-7-18-21(22(12)27)23(28)20-16(11-26)15-9-14-8-13(2)24(3,4)25(14,5)17(15)10-19(20)29-18/h6-8,10,26-27H,2,9,11H2,1,3-5H3. The highest BCUT2D eigenvalue weighted by Gasteiger charge is 2.54. The highest BCUT2D eigenvalue weighted by molar-refractivity contribution is 5.96. The van der Waals surface area contributed by atoms with E-state index in [1.54, 1.807) is 19.1 Å². The molecule has 0 saturated carbocycles. The molecule has 2 N–H and O–H groups in total. The molecule has 1 unspecified atom stereocenters. The summed E-state index contributed by atoms with van der Waals surface area (Å²) >= 11 is 0. The fourth-order valence-electron chi connectivity index (χ4n) is 5.31. The summed E-state index contributed by atoms with van der Waals surface area (Å²) in [4.78, 5) is 13.4. The molecule has 1 aromatic heterocycles. The average Bonchev–Trinajstić information content (AvgIpc) is 3.04. The Morgan fingerprint density at radius 3 is 2.59 bits per heavy atom. The first-order chi connectivity index (χ1) is 13.6. The summed E-state index contributed by atoms with van der Waals surface area (Å²) < 4.78 is 6.11. The van der Waals surface area contributed by atoms with E-state index in [0.717, 1.165) is 16.7 Å². The minimum Gasteiger partial charge on any atom is -0.507 e. The molecule has 0 radical (unpaired) electrons. The number of rotatable bonds is 1. The molecule has 29 heavy (non-hydrogen) atoms. The SMILES string of the molecule is C=C1C=C2Cc3c(cc4oc5ccc(C)c(O)c5c(=O)c4c3CO)C2(C)C1(C)C. The molecular weight excluding hydrogens is 364 g/mol. The topological polar surface area (TPSA) is 70.7 Å². The van der Waals surface area contributed by atoms with Crippen LogP contribution in [0.25, 0.3) is 21.9 Å². The van der Waals surface area contributed by atoms with E-state index in [0.29, 0.717) is 34.1 Å². The van der Waals surface area contributed by atoms with Gasteiger partial charge in [0, 0.05) is 10.8 Å². The van der Waals surface area contributed by atoms with Gasteiger partial charge in [-0.2, -0.15) is 0 Å². The number of aliphatic hydroxyl groups is 1. The maximum atomic E-state index is 13.4. The molecule has 2 aromatic carbocycles. The third-order valence-corrected chi connectivity index (χ3v) is 7.64. The van der Waals surface area contributed by atoms with Crippen LogP contribution in [0.2, 0.25) is 0 Å². The lowest BCUT2D eigenvalue weighted by atomic mass is 9.63. The molecule has 0 saturated heterocycles. The first-order valence-corrected chi connectivity index (χ1v) is 9.88. The van der Waals surface area contributed by atoms with Gasteiger partial charge in [-0.3, -0.25) is 4.79 Å². The molecule has 3 aromatic rings. The summed E-state index contributed by atoms with van der Waals surface area (Å²) in [6.07, 6.45) is 2.84. The van der Waals surface area contributed by atoms with E-state index in [-0.39, 0.29) is 34.0 Å². The number of fused-ring (bicyclic) bond motifs is 5. The van der Waals surface area contributed by atoms with Gasteiger partial charge in [-0.05, 0) is 53.3 Å². The molecule has 1 heterocycles. The van der Waals surface area contributed by atoms with Gasteiger partial charge in [-0.1, -0.05) is 45.1 Å². The molecule has 4 nitrogen and oxygen atoms in total. The lowest BCUT2D eigenvalue weighted by Crippen LogP contribution is -2.35. The van der Waals surface area contributed by atoms with Crippen LogP contribution in [-0.2, 0) is 18.4 Å². The van der Waals surface area contributed by atoms with Gasteiger partial charge in [0.1, 0.15) is 22.3 Å². The Morgan fingerprint density at radius 1 is 1.17 bits per heavy atom. The van der Waals surface area contributed by atoms with Gasteiger partial charge < -0.3 is 14.6 Å². The third kappa shape index (κ3) is 1.95. The van der Waals surface area contributed by atoms with E-state index in [1.807, 2.05) is 6.07 Å². The van der Waals surface area contributed by atoms with Crippen LogP contribution in [0.5, 0.6) is 5.75 Å². The van der Waals surface area contributed by atoms with Gasteiger partial charge in [-0.25, -0.2) is 0 Å². The molecule has 0 spiro atoms. The number of aromatic hydroxyl groups is 1. The highest BCUT2D eigenvalue weighted by Crippen LogP contribution is 2.61. The highest BCUT2D eigenvalue weighted by atomic mass is 16.3. The molecule has 148 valence electrons. The normalized spacial score (nSPS) is 22.2. The number of phenols is 1. The number of benzene rings is 2. The summed E-state index contributed by atoms with van der Waals surface area (Å²) in [7, 11) is 0. The van der Waals surface area contributed by atoms with Crippen molar-refractivity contribution in [1.82, 2.24) is 0 Å². The Balaban J connectivity index is 1.96. The summed E-state index contributed by atoms with van der Waals surface area (Å²) in [5.74, 6) is -0.0634. The van der Waals surface area contributed by atoms with Gasteiger partial charge >= 0.3 is 0 Å². The first kappa shape index (κ1) is 18.2. The van der Waals surface area contributed by atoms with Crippen LogP contribution in [-0.4, -0.2) is 10.2 Å². The lowest BCUT2D eigenvalue weighted by molar-refractivity contribution is 0.281. The van der Waals surface area contributed by atoms with Crippen LogP contribution in [0.3, 0.4) is 0 Å². The second-order valence-corrected chi connectivity index (χ2v) is 9.07. The molecule has 0 fully saturated rings. The van der Waals surface area contributed by atoms with E-state index < -0.39 is 0 Å². The number of hydrogen-bond donors (Lipinski definition) is 2. The number of phenolic OH excluding ortho intramolecular Hbond substituents is 1. The Hall–Kier alpha value is -2.85. The summed E-state index contributed by atoms with van der Waals surface area (Å²) in [6, 6.07) is 5.41. The van der Waals surface area contributed by atoms with Crippen LogP contribution >= 0.6 is 0 Å². The smallest absolute Gasteiger partial charge is 0.204 e. The van der Waals surface area contributed by atoms with Crippen molar-refractivity contribution in [3.8, 4) is 5.75 Å². The number of aryl methyl sites for hydroxylation is 1. The van der Waals surface area contributed by atoms with E-state index in [4.69, 9.17) is 4.42 Å². The number of aliphatic hydroxyl groups excluding tert-OH is 1. The zero-order valence-electron chi connectivity index (χ0n) is 17.1. The molecule has 4 heteroatoms. The van der Waals surface area contributed by atoms with Crippen molar-refractivity contribution in [2.45, 2.75) is 46.1 Å². The summed E-state index contributed by atoms with van der Waals surface area (Å²) in [5.41, 5.74) is 5.70. The first-order valence-electron chi connectivity index (χ1n) is 9.88. The Bertz CT molecular complexity index is 1350. The lowest BCUT2D eigenvalue weighted by Gasteiger charge is -2.39. The second kappa shape index (κ2) is 5.39. The van der Waals surface area contributed by atoms with Crippen LogP contribution in [0.1, 0.15) is 43.0 Å². The van der Waals surface area contributed by atoms with Crippen LogP contribution in [0, 0.1) is 12.3 Å². The zero-order valence-corrected chi connectivity index (χ0v) is 17.1. The van der Waals surface area contributed by atoms with Crippen molar-refractivity contribution < 1.29 is 14.6 Å². The second-order valence-electron chi connectivity index (χ2n) is 9.07. The number of allylic oxidation sites excluding steroid dienone is 3. The quantitative estimate of drug-likeness (QED) is 0.588. The fraction of sp³-hybridized carbons (Fsp3) is 0.320. The van der Waals surface area contributed by atoms with Crippen LogP contribution in [0.15, 0.2) is 51.2 Å². The minimum absolute atomic E-state index is 0.0634. The van der Waals surface area contributed by atoms with Crippen molar-refractivity contribution in [1.29, 1.82) is 0 Å². The molecular formula is C25H24O4. The predicted octanol–water partition coefficient (Wildman–Crippen LogP) is 4.79. The Labute approximate surface area is 168 Å². The van der Waals surface area contributed by atoms with Crippen LogP contribution < -0.4 is 5.43 Å². The van der Waals surface area contributed by atoms with Crippen molar-refractivity contribution in [3.05, 3.63) is 74.5 Å². The molecule has 0 amide bonds. The largest absolute Gasteiger partial charge is 0.507 e. The van der Waals surface area contributed by atoms with Gasteiger partial charge in [0.05, 0.1) is 12.0 Å². The van der Waals surface area contributed by atoms with Crippen molar-refractivity contribution in [2.24, 2.45) is 5.41 Å². The predicted molar refractivity (Wildman–Crippen MR) is 114 cm³/mol. The van der Waals surface area contributed by atoms with Crippen LogP contribution in [0.4, 0.5) is 0 Å². The van der Waals surface area contributed by atoms with Gasteiger partial charge in [-0.15, -0.1) is 0 Å². The molecule has 2 aliphatic rings. The van der Waals surface area contributed by atoms with E-state index in [1.165, 1.54) is 5.57 Å². The van der Waals surface area contributed by atoms with Crippen molar-refractivity contribution >= 4 is 21.9 Å². The van der Waals surface area contributed by atoms with Crippen molar-refractivity contribution in [2.75, 3.05) is 0 Å². The summed E-state index contributed by atoms with van der Waals surface area (Å²) in [5, 5.41) is 21.3. The van der Waals surface area contributed by atoms with Gasteiger partial charge in [0.15, 0.2) is 0 Å². The Morgan fingerprint density at radius 2 is 1.90 bits per heavy atom. The molecule has 5 rings (SSSR count).